The van der Waals surface area contributed by atoms with E-state index in [9.17, 15) is 4.79 Å². The van der Waals surface area contributed by atoms with Crippen LogP contribution in [0.25, 0.3) is 0 Å². The molecular weight excluding hydrogens is 214 g/mol. The van der Waals surface area contributed by atoms with Crippen LogP contribution in [0.3, 0.4) is 0 Å². The Morgan fingerprint density at radius 3 is 2.65 bits per heavy atom. The smallest absolute Gasteiger partial charge is 0.318 e. The van der Waals surface area contributed by atoms with Crippen LogP contribution in [0.1, 0.15) is 22.7 Å². The average molecular weight is 229 g/mol. The van der Waals surface area contributed by atoms with Crippen LogP contribution in [0.15, 0.2) is 18.2 Å². The van der Waals surface area contributed by atoms with Crippen LogP contribution in [-0.4, -0.2) is 29.4 Å². The van der Waals surface area contributed by atoms with Gasteiger partial charge < -0.3 is 4.90 Å². The predicted octanol–water partition coefficient (Wildman–Crippen LogP) is 2.19. The number of nitriles is 1. The molecule has 2 amide bonds. The lowest BCUT2D eigenvalue weighted by atomic mass is 9.99. The van der Waals surface area contributed by atoms with Crippen LogP contribution in [0.2, 0.25) is 0 Å². The minimum Gasteiger partial charge on any atom is -0.318 e. The minimum atomic E-state index is -0.225. The molecule has 1 heterocycles. The van der Waals surface area contributed by atoms with E-state index in [0.29, 0.717) is 6.54 Å². The summed E-state index contributed by atoms with van der Waals surface area (Å²) in [5, 5.41) is 8.86. The Morgan fingerprint density at radius 2 is 2.12 bits per heavy atom. The molecule has 0 saturated carbocycles. The Balaban J connectivity index is 2.36. The summed E-state index contributed by atoms with van der Waals surface area (Å²) in [6.45, 7) is 4.52. The largest absolute Gasteiger partial charge is 0.333 e. The van der Waals surface area contributed by atoms with E-state index in [-0.39, 0.29) is 12.1 Å². The summed E-state index contributed by atoms with van der Waals surface area (Å²) in [5.41, 5.74) is 3.48. The van der Waals surface area contributed by atoms with E-state index >= 15 is 0 Å². The number of benzene rings is 1. The van der Waals surface area contributed by atoms with E-state index < -0.39 is 0 Å². The molecule has 0 N–H and O–H groups in total. The zero-order chi connectivity index (χ0) is 12.6. The van der Waals surface area contributed by atoms with Gasteiger partial charge in [0.05, 0.1) is 12.6 Å². The van der Waals surface area contributed by atoms with Crippen molar-refractivity contribution < 1.29 is 4.79 Å². The van der Waals surface area contributed by atoms with Gasteiger partial charge in [-0.3, -0.25) is 0 Å². The van der Waals surface area contributed by atoms with E-state index in [4.69, 9.17) is 5.26 Å². The molecule has 4 nitrogen and oxygen atoms in total. The summed E-state index contributed by atoms with van der Waals surface area (Å²) >= 11 is 0. The fourth-order valence-electron chi connectivity index (χ4n) is 2.29. The molecule has 1 fully saturated rings. The molecule has 4 heteroatoms. The highest BCUT2D eigenvalue weighted by Gasteiger charge is 2.36. The lowest BCUT2D eigenvalue weighted by molar-refractivity contribution is 0.205. The third-order valence-electron chi connectivity index (χ3n) is 3.26. The Labute approximate surface area is 101 Å². The number of likely N-dealkylation sites (N-methyl/N-ethyl adjacent to an activating group) is 1. The number of nitrogens with zero attached hydrogens (tertiary/aromatic N) is 3. The summed E-state index contributed by atoms with van der Waals surface area (Å²) in [6.07, 6.45) is 1.92. The second kappa shape index (κ2) is 4.10. The number of aryl methyl sites for hydroxylation is 2. The Kier molecular flexibility index (Phi) is 2.76. The predicted molar refractivity (Wildman–Crippen MR) is 64.1 cm³/mol. The molecule has 88 valence electrons. The van der Waals surface area contributed by atoms with Crippen LogP contribution >= 0.6 is 0 Å². The SMILES string of the molecule is Cc1ccc(C2CN(C#N)C(=O)N2C)c(C)c1. The van der Waals surface area contributed by atoms with Crippen molar-refractivity contribution in [1.82, 2.24) is 9.80 Å². The van der Waals surface area contributed by atoms with Gasteiger partial charge in [-0.05, 0) is 25.0 Å². The normalized spacial score (nSPS) is 19.6. The van der Waals surface area contributed by atoms with Gasteiger partial charge in [0.25, 0.3) is 0 Å². The van der Waals surface area contributed by atoms with E-state index in [2.05, 4.69) is 6.07 Å². The molecule has 0 spiro atoms. The van der Waals surface area contributed by atoms with Gasteiger partial charge in [-0.1, -0.05) is 23.8 Å². The van der Waals surface area contributed by atoms with E-state index in [0.717, 1.165) is 11.1 Å². The van der Waals surface area contributed by atoms with Crippen molar-refractivity contribution in [3.63, 3.8) is 0 Å². The molecule has 17 heavy (non-hydrogen) atoms. The van der Waals surface area contributed by atoms with Crippen molar-refractivity contribution in [2.75, 3.05) is 13.6 Å². The molecule has 1 aliphatic rings. The van der Waals surface area contributed by atoms with Crippen LogP contribution in [0, 0.1) is 25.3 Å². The van der Waals surface area contributed by atoms with Gasteiger partial charge in [-0.15, -0.1) is 0 Å². The number of rotatable bonds is 1. The highest BCUT2D eigenvalue weighted by atomic mass is 16.2. The van der Waals surface area contributed by atoms with E-state index in [1.807, 2.05) is 32.2 Å². The third kappa shape index (κ3) is 1.84. The second-order valence-corrected chi connectivity index (χ2v) is 4.48. The van der Waals surface area contributed by atoms with Crippen molar-refractivity contribution in [3.05, 3.63) is 34.9 Å². The van der Waals surface area contributed by atoms with Gasteiger partial charge in [-0.2, -0.15) is 5.26 Å². The maximum absolute atomic E-state index is 11.7. The molecule has 1 aromatic carbocycles. The van der Waals surface area contributed by atoms with E-state index in [1.54, 1.807) is 11.9 Å². The Hall–Kier alpha value is -2.02. The quantitative estimate of drug-likeness (QED) is 0.693. The van der Waals surface area contributed by atoms with Gasteiger partial charge >= 0.3 is 6.03 Å². The standard InChI is InChI=1S/C13H15N3O/c1-9-4-5-11(10(2)6-9)12-7-16(8-14)13(17)15(12)3/h4-6,12H,7H2,1-3H3. The molecule has 1 aliphatic heterocycles. The monoisotopic (exact) mass is 229 g/mol. The summed E-state index contributed by atoms with van der Waals surface area (Å²) in [7, 11) is 1.74. The van der Waals surface area contributed by atoms with Gasteiger partial charge in [0, 0.05) is 7.05 Å². The molecular formula is C13H15N3O. The van der Waals surface area contributed by atoms with Gasteiger partial charge in [0.15, 0.2) is 6.19 Å². The summed E-state index contributed by atoms with van der Waals surface area (Å²) in [4.78, 5) is 14.6. The minimum absolute atomic E-state index is 0.0252. The van der Waals surface area contributed by atoms with Crippen LogP contribution in [0.5, 0.6) is 0 Å². The van der Waals surface area contributed by atoms with Gasteiger partial charge in [0.2, 0.25) is 0 Å². The van der Waals surface area contributed by atoms with Gasteiger partial charge in [-0.25, -0.2) is 9.69 Å². The Bertz CT molecular complexity index is 504. The first-order valence-electron chi connectivity index (χ1n) is 5.56. The number of urea groups is 1. The van der Waals surface area contributed by atoms with Crippen LogP contribution in [0.4, 0.5) is 4.79 Å². The lowest BCUT2D eigenvalue weighted by Crippen LogP contribution is -2.26. The molecule has 0 radical (unpaired) electrons. The first-order valence-corrected chi connectivity index (χ1v) is 5.56. The molecule has 1 unspecified atom stereocenters. The van der Waals surface area contributed by atoms with Gasteiger partial charge in [0.1, 0.15) is 0 Å². The number of carbonyl (C=O) groups excluding carboxylic acids is 1. The summed E-state index contributed by atoms with van der Waals surface area (Å²) < 4.78 is 0. The topological polar surface area (TPSA) is 47.3 Å². The van der Waals surface area contributed by atoms with Crippen LogP contribution < -0.4 is 0 Å². The molecule has 0 bridgehead atoms. The average Bonchev–Trinajstić information content (AvgIpc) is 2.57. The highest BCUT2D eigenvalue weighted by Crippen LogP contribution is 2.29. The first-order chi connectivity index (χ1) is 8.04. The van der Waals surface area contributed by atoms with E-state index in [1.165, 1.54) is 10.5 Å². The molecule has 0 aromatic heterocycles. The fourth-order valence-corrected chi connectivity index (χ4v) is 2.29. The number of amides is 2. The molecule has 1 saturated heterocycles. The summed E-state index contributed by atoms with van der Waals surface area (Å²) in [5.74, 6) is 0. The Morgan fingerprint density at radius 1 is 1.41 bits per heavy atom. The fraction of sp³-hybridized carbons (Fsp3) is 0.385. The van der Waals surface area contributed by atoms with Crippen molar-refractivity contribution in [2.24, 2.45) is 0 Å². The molecule has 1 aromatic rings. The number of hydrogen-bond acceptors (Lipinski definition) is 2. The second-order valence-electron chi connectivity index (χ2n) is 4.48. The first kappa shape index (κ1) is 11.5. The van der Waals surface area contributed by atoms with Crippen LogP contribution in [-0.2, 0) is 0 Å². The lowest BCUT2D eigenvalue weighted by Gasteiger charge is -2.20. The highest BCUT2D eigenvalue weighted by molar-refractivity contribution is 5.78. The van der Waals surface area contributed by atoms with Crippen molar-refractivity contribution in [3.8, 4) is 6.19 Å². The zero-order valence-electron chi connectivity index (χ0n) is 10.3. The molecule has 0 aliphatic carbocycles. The van der Waals surface area contributed by atoms with Crippen molar-refractivity contribution in [2.45, 2.75) is 19.9 Å². The third-order valence-corrected chi connectivity index (χ3v) is 3.26. The number of hydrogen-bond donors (Lipinski definition) is 0. The van der Waals surface area contributed by atoms with Crippen molar-refractivity contribution in [1.29, 1.82) is 5.26 Å². The summed E-state index contributed by atoms with van der Waals surface area (Å²) in [6, 6.07) is 5.93. The van der Waals surface area contributed by atoms with Crippen molar-refractivity contribution >= 4 is 6.03 Å². The maximum atomic E-state index is 11.7. The maximum Gasteiger partial charge on any atom is 0.333 e. The number of carbonyl (C=O) groups is 1. The molecule has 1 atom stereocenters. The zero-order valence-corrected chi connectivity index (χ0v) is 10.3. The molecule has 2 rings (SSSR count).